The van der Waals surface area contributed by atoms with Gasteiger partial charge in [0.2, 0.25) is 0 Å². The molecule has 2 aromatic rings. The van der Waals surface area contributed by atoms with Crippen LogP contribution in [0.4, 0.5) is 5.69 Å². The van der Waals surface area contributed by atoms with Gasteiger partial charge in [-0.1, -0.05) is 76.2 Å². The quantitative estimate of drug-likeness (QED) is 0.744. The lowest BCUT2D eigenvalue weighted by molar-refractivity contribution is 0.0688. The van der Waals surface area contributed by atoms with Crippen molar-refractivity contribution in [3.05, 3.63) is 65.2 Å². The van der Waals surface area contributed by atoms with E-state index < -0.39 is 0 Å². The number of fused-ring (bicyclic) bond motifs is 1. The highest BCUT2D eigenvalue weighted by atomic mass is 16.5. The zero-order valence-electron chi connectivity index (χ0n) is 17.1. The van der Waals surface area contributed by atoms with Crippen molar-refractivity contribution < 1.29 is 4.74 Å². The number of nitrogens with zero attached hydrogens (tertiary/aromatic N) is 2. The van der Waals surface area contributed by atoms with E-state index in [0.29, 0.717) is 17.9 Å². The molecule has 27 heavy (non-hydrogen) atoms. The van der Waals surface area contributed by atoms with Crippen LogP contribution >= 0.6 is 0 Å². The van der Waals surface area contributed by atoms with Gasteiger partial charge in [0, 0.05) is 11.7 Å². The van der Waals surface area contributed by atoms with E-state index in [1.165, 1.54) is 22.4 Å². The van der Waals surface area contributed by atoms with Crippen LogP contribution in [0.3, 0.4) is 0 Å². The third-order valence-electron chi connectivity index (χ3n) is 6.00. The van der Waals surface area contributed by atoms with E-state index in [0.717, 1.165) is 26.2 Å². The standard InChI is InChI=1S/C24H32N2O/c1-17(2)21-11-8-12-22(18(3)4)24(21)25-14-23-26(16-25)20(15-27-23)13-19-9-6-5-7-10-19/h5-12,17-18,20,23H,13-16H2,1-4H3/t20-,23?/m0/s1. The Morgan fingerprint density at radius 3 is 2.22 bits per heavy atom. The van der Waals surface area contributed by atoms with Gasteiger partial charge >= 0.3 is 0 Å². The molecule has 0 saturated carbocycles. The summed E-state index contributed by atoms with van der Waals surface area (Å²) in [6.07, 6.45) is 1.28. The Bertz CT molecular complexity index is 745. The second-order valence-electron chi connectivity index (χ2n) is 8.60. The number of para-hydroxylation sites is 1. The number of anilines is 1. The summed E-state index contributed by atoms with van der Waals surface area (Å²) >= 11 is 0. The van der Waals surface area contributed by atoms with Crippen LogP contribution in [-0.2, 0) is 11.2 Å². The lowest BCUT2D eigenvalue weighted by Crippen LogP contribution is -2.36. The Kier molecular flexibility index (Phi) is 5.25. The molecule has 0 radical (unpaired) electrons. The summed E-state index contributed by atoms with van der Waals surface area (Å²) < 4.78 is 6.20. The van der Waals surface area contributed by atoms with Crippen LogP contribution < -0.4 is 4.90 Å². The van der Waals surface area contributed by atoms with E-state index in [1.807, 2.05) is 0 Å². The Morgan fingerprint density at radius 2 is 1.59 bits per heavy atom. The van der Waals surface area contributed by atoms with Crippen LogP contribution in [-0.4, -0.2) is 37.0 Å². The molecule has 2 aliphatic heterocycles. The predicted molar refractivity (Wildman–Crippen MR) is 112 cm³/mol. The van der Waals surface area contributed by atoms with Crippen LogP contribution in [0.1, 0.15) is 56.2 Å². The van der Waals surface area contributed by atoms with Crippen molar-refractivity contribution >= 4 is 5.69 Å². The molecule has 1 unspecified atom stereocenters. The van der Waals surface area contributed by atoms with E-state index >= 15 is 0 Å². The van der Waals surface area contributed by atoms with E-state index in [2.05, 4.69) is 86.0 Å². The topological polar surface area (TPSA) is 15.7 Å². The molecule has 3 nitrogen and oxygen atoms in total. The average Bonchev–Trinajstić information content (AvgIpc) is 3.23. The van der Waals surface area contributed by atoms with Gasteiger partial charge in [-0.3, -0.25) is 4.90 Å². The van der Waals surface area contributed by atoms with Crippen molar-refractivity contribution in [3.8, 4) is 0 Å². The highest BCUT2D eigenvalue weighted by molar-refractivity contribution is 5.62. The molecular weight excluding hydrogens is 332 g/mol. The number of benzene rings is 2. The first-order chi connectivity index (χ1) is 13.0. The molecule has 0 N–H and O–H groups in total. The SMILES string of the molecule is CC(C)c1cccc(C(C)C)c1N1CC2OC[C@H](Cc3ccccc3)N2C1. The minimum absolute atomic E-state index is 0.221. The van der Waals surface area contributed by atoms with E-state index in [-0.39, 0.29) is 6.23 Å². The van der Waals surface area contributed by atoms with Gasteiger partial charge in [0.05, 0.1) is 19.8 Å². The zero-order chi connectivity index (χ0) is 19.0. The summed E-state index contributed by atoms with van der Waals surface area (Å²) in [5.74, 6) is 1.05. The smallest absolute Gasteiger partial charge is 0.130 e. The Hall–Kier alpha value is -1.84. The van der Waals surface area contributed by atoms with Crippen molar-refractivity contribution in [3.63, 3.8) is 0 Å². The largest absolute Gasteiger partial charge is 0.360 e. The first-order valence-electron chi connectivity index (χ1n) is 10.3. The third-order valence-corrected chi connectivity index (χ3v) is 6.00. The van der Waals surface area contributed by atoms with E-state index in [4.69, 9.17) is 4.74 Å². The Morgan fingerprint density at radius 1 is 0.926 bits per heavy atom. The van der Waals surface area contributed by atoms with Gasteiger partial charge in [0.1, 0.15) is 6.23 Å². The second-order valence-corrected chi connectivity index (χ2v) is 8.60. The molecule has 2 aromatic carbocycles. The van der Waals surface area contributed by atoms with Crippen LogP contribution in [0.2, 0.25) is 0 Å². The lowest BCUT2D eigenvalue weighted by Gasteiger charge is -2.29. The monoisotopic (exact) mass is 364 g/mol. The predicted octanol–water partition coefficient (Wildman–Crippen LogP) is 4.98. The van der Waals surface area contributed by atoms with Gasteiger partial charge in [-0.25, -0.2) is 0 Å². The first-order valence-corrected chi connectivity index (χ1v) is 10.3. The third kappa shape index (κ3) is 3.63. The molecule has 2 saturated heterocycles. The van der Waals surface area contributed by atoms with Gasteiger partial charge in [0.25, 0.3) is 0 Å². The maximum atomic E-state index is 6.20. The molecule has 2 atom stereocenters. The Balaban J connectivity index is 1.58. The molecule has 2 fully saturated rings. The van der Waals surface area contributed by atoms with Gasteiger partial charge in [-0.05, 0) is 34.9 Å². The summed E-state index contributed by atoms with van der Waals surface area (Å²) in [6, 6.07) is 18.1. The van der Waals surface area contributed by atoms with Crippen molar-refractivity contribution in [1.82, 2.24) is 4.90 Å². The summed E-state index contributed by atoms with van der Waals surface area (Å²) in [4.78, 5) is 5.13. The highest BCUT2D eigenvalue weighted by Gasteiger charge is 2.42. The van der Waals surface area contributed by atoms with Crippen LogP contribution in [0.25, 0.3) is 0 Å². The molecule has 0 aliphatic carbocycles. The maximum absolute atomic E-state index is 6.20. The van der Waals surface area contributed by atoms with Crippen LogP contribution in [0.15, 0.2) is 48.5 Å². The molecule has 2 heterocycles. The lowest BCUT2D eigenvalue weighted by atomic mass is 9.92. The summed E-state index contributed by atoms with van der Waals surface area (Å²) in [6.45, 7) is 12.0. The van der Waals surface area contributed by atoms with Gasteiger partial charge in [0.15, 0.2) is 0 Å². The molecule has 0 aromatic heterocycles. The van der Waals surface area contributed by atoms with Crippen molar-refractivity contribution in [2.75, 3.05) is 24.7 Å². The molecular formula is C24H32N2O. The van der Waals surface area contributed by atoms with Gasteiger partial charge in [-0.15, -0.1) is 0 Å². The molecule has 3 heteroatoms. The summed E-state index contributed by atoms with van der Waals surface area (Å²) in [5, 5.41) is 0. The fourth-order valence-electron chi connectivity index (χ4n) is 4.56. The van der Waals surface area contributed by atoms with Gasteiger partial charge in [-0.2, -0.15) is 0 Å². The van der Waals surface area contributed by atoms with Crippen molar-refractivity contribution in [2.45, 2.75) is 58.2 Å². The van der Waals surface area contributed by atoms with Crippen LogP contribution in [0, 0.1) is 0 Å². The number of rotatable bonds is 5. The number of hydrogen-bond acceptors (Lipinski definition) is 3. The molecule has 2 aliphatic rings. The molecule has 0 amide bonds. The van der Waals surface area contributed by atoms with Crippen molar-refractivity contribution in [1.29, 1.82) is 0 Å². The maximum Gasteiger partial charge on any atom is 0.130 e. The minimum Gasteiger partial charge on any atom is -0.360 e. The zero-order valence-corrected chi connectivity index (χ0v) is 17.1. The van der Waals surface area contributed by atoms with Crippen LogP contribution in [0.5, 0.6) is 0 Å². The minimum atomic E-state index is 0.221. The second kappa shape index (κ2) is 7.65. The average molecular weight is 365 g/mol. The molecule has 0 bridgehead atoms. The highest BCUT2D eigenvalue weighted by Crippen LogP contribution is 2.39. The van der Waals surface area contributed by atoms with E-state index in [9.17, 15) is 0 Å². The summed E-state index contributed by atoms with van der Waals surface area (Å²) in [5.41, 5.74) is 5.76. The fraction of sp³-hybridized carbons (Fsp3) is 0.500. The fourth-order valence-corrected chi connectivity index (χ4v) is 4.56. The number of ether oxygens (including phenoxy) is 1. The van der Waals surface area contributed by atoms with Crippen molar-refractivity contribution in [2.24, 2.45) is 0 Å². The molecule has 144 valence electrons. The number of hydrogen-bond donors (Lipinski definition) is 0. The first kappa shape index (κ1) is 18.5. The van der Waals surface area contributed by atoms with Gasteiger partial charge < -0.3 is 9.64 Å². The molecule has 0 spiro atoms. The summed E-state index contributed by atoms with van der Waals surface area (Å²) in [7, 11) is 0. The van der Waals surface area contributed by atoms with E-state index in [1.54, 1.807) is 0 Å². The Labute approximate surface area is 163 Å². The normalized spacial score (nSPS) is 22.8. The molecule has 4 rings (SSSR count).